The molecular formula is C15H19BrN2OS. The van der Waals surface area contributed by atoms with E-state index in [1.807, 2.05) is 11.6 Å². The van der Waals surface area contributed by atoms with Gasteiger partial charge in [-0.1, -0.05) is 28.1 Å². The molecule has 1 heterocycles. The van der Waals surface area contributed by atoms with Crippen LogP contribution >= 0.6 is 27.3 Å². The van der Waals surface area contributed by atoms with Gasteiger partial charge in [0.15, 0.2) is 0 Å². The van der Waals surface area contributed by atoms with Gasteiger partial charge in [0.2, 0.25) is 0 Å². The Morgan fingerprint density at radius 3 is 2.80 bits per heavy atom. The number of nitrogens with zero attached hydrogens (tertiary/aromatic N) is 1. The first-order valence-electron chi connectivity index (χ1n) is 6.63. The van der Waals surface area contributed by atoms with E-state index in [2.05, 4.69) is 50.5 Å². The second-order valence-corrected chi connectivity index (χ2v) is 6.47. The number of ether oxygens (including phenoxy) is 1. The first-order valence-corrected chi connectivity index (χ1v) is 8.30. The zero-order chi connectivity index (χ0) is 14.2. The van der Waals surface area contributed by atoms with E-state index in [9.17, 15) is 0 Å². The summed E-state index contributed by atoms with van der Waals surface area (Å²) in [6, 6.07) is 8.55. The van der Waals surface area contributed by atoms with Gasteiger partial charge < -0.3 is 10.1 Å². The average Bonchev–Trinajstić information content (AvgIpc) is 2.96. The van der Waals surface area contributed by atoms with Crippen LogP contribution in [0.3, 0.4) is 0 Å². The number of methoxy groups -OCH3 is 1. The van der Waals surface area contributed by atoms with Crippen molar-refractivity contribution in [2.45, 2.75) is 12.3 Å². The predicted octanol–water partition coefficient (Wildman–Crippen LogP) is 3.47. The number of benzene rings is 1. The van der Waals surface area contributed by atoms with Gasteiger partial charge in [0.05, 0.1) is 11.6 Å². The average molecular weight is 355 g/mol. The van der Waals surface area contributed by atoms with Gasteiger partial charge in [-0.05, 0) is 17.7 Å². The van der Waals surface area contributed by atoms with Crippen LogP contribution in [0, 0.1) is 0 Å². The van der Waals surface area contributed by atoms with Crippen LogP contribution in [0.4, 0.5) is 0 Å². The summed E-state index contributed by atoms with van der Waals surface area (Å²) in [5.41, 5.74) is 1.34. The zero-order valence-electron chi connectivity index (χ0n) is 11.5. The van der Waals surface area contributed by atoms with Crippen LogP contribution in [-0.4, -0.2) is 31.8 Å². The van der Waals surface area contributed by atoms with Crippen LogP contribution in [0.1, 0.15) is 16.5 Å². The molecule has 0 spiro atoms. The van der Waals surface area contributed by atoms with E-state index in [4.69, 9.17) is 4.74 Å². The first-order chi connectivity index (χ1) is 9.79. The largest absolute Gasteiger partial charge is 0.383 e. The van der Waals surface area contributed by atoms with E-state index in [1.54, 1.807) is 18.4 Å². The van der Waals surface area contributed by atoms with Gasteiger partial charge >= 0.3 is 0 Å². The molecule has 1 atom stereocenters. The highest BCUT2D eigenvalue weighted by molar-refractivity contribution is 9.10. The fourth-order valence-electron chi connectivity index (χ4n) is 2.06. The normalized spacial score (nSPS) is 12.5. The van der Waals surface area contributed by atoms with Crippen molar-refractivity contribution in [1.82, 2.24) is 10.3 Å². The van der Waals surface area contributed by atoms with E-state index in [1.165, 1.54) is 10.6 Å². The summed E-state index contributed by atoms with van der Waals surface area (Å²) in [5.74, 6) is 0.436. The second-order valence-electron chi connectivity index (χ2n) is 4.58. The molecule has 0 amide bonds. The molecule has 0 aliphatic rings. The summed E-state index contributed by atoms with van der Waals surface area (Å²) < 4.78 is 6.18. The molecule has 0 bridgehead atoms. The third-order valence-corrected chi connectivity index (χ3v) is 4.45. The molecule has 108 valence electrons. The summed E-state index contributed by atoms with van der Waals surface area (Å²) in [6.07, 6.45) is 2.84. The molecular weight excluding hydrogens is 336 g/mol. The Labute approximate surface area is 132 Å². The monoisotopic (exact) mass is 354 g/mol. The number of halogens is 1. The summed E-state index contributed by atoms with van der Waals surface area (Å²) in [7, 11) is 1.73. The van der Waals surface area contributed by atoms with Crippen molar-refractivity contribution >= 4 is 27.3 Å². The van der Waals surface area contributed by atoms with Crippen molar-refractivity contribution < 1.29 is 4.74 Å². The molecule has 3 nitrogen and oxygen atoms in total. The number of hydrogen-bond acceptors (Lipinski definition) is 4. The summed E-state index contributed by atoms with van der Waals surface area (Å²) in [4.78, 5) is 4.40. The second kappa shape index (κ2) is 8.52. The van der Waals surface area contributed by atoms with Gasteiger partial charge in [-0.25, -0.2) is 4.98 Å². The van der Waals surface area contributed by atoms with Crippen LogP contribution in [0.2, 0.25) is 0 Å². The summed E-state index contributed by atoms with van der Waals surface area (Å²) >= 11 is 5.21. The van der Waals surface area contributed by atoms with Gasteiger partial charge in [0.25, 0.3) is 0 Å². The lowest BCUT2D eigenvalue weighted by atomic mass is 9.96. The number of rotatable bonds is 8. The molecule has 1 aromatic heterocycles. The van der Waals surface area contributed by atoms with Gasteiger partial charge in [0, 0.05) is 48.6 Å². The Hall–Kier alpha value is -0.750. The summed E-state index contributed by atoms with van der Waals surface area (Å²) in [6.45, 7) is 2.55. The molecule has 0 fully saturated rings. The van der Waals surface area contributed by atoms with Crippen LogP contribution < -0.4 is 5.32 Å². The highest BCUT2D eigenvalue weighted by atomic mass is 79.9. The molecule has 5 heteroatoms. The van der Waals surface area contributed by atoms with Crippen LogP contribution in [0.15, 0.2) is 40.3 Å². The van der Waals surface area contributed by atoms with Gasteiger partial charge in [0.1, 0.15) is 0 Å². The van der Waals surface area contributed by atoms with Crippen molar-refractivity contribution in [2.75, 3.05) is 26.8 Å². The molecule has 20 heavy (non-hydrogen) atoms. The predicted molar refractivity (Wildman–Crippen MR) is 87.4 cm³/mol. The molecule has 0 aliphatic carbocycles. The van der Waals surface area contributed by atoms with E-state index < -0.39 is 0 Å². The van der Waals surface area contributed by atoms with E-state index in [0.29, 0.717) is 5.92 Å². The van der Waals surface area contributed by atoms with E-state index in [0.717, 1.165) is 30.6 Å². The lowest BCUT2D eigenvalue weighted by Gasteiger charge is -2.17. The quantitative estimate of drug-likeness (QED) is 0.737. The zero-order valence-corrected chi connectivity index (χ0v) is 13.9. The SMILES string of the molecule is COCCNCC(Cc1nccs1)c1ccc(Br)cc1. The van der Waals surface area contributed by atoms with E-state index in [-0.39, 0.29) is 0 Å². The van der Waals surface area contributed by atoms with Crippen molar-refractivity contribution in [3.8, 4) is 0 Å². The molecule has 0 saturated carbocycles. The Bertz CT molecular complexity index is 487. The molecule has 1 aromatic carbocycles. The van der Waals surface area contributed by atoms with Crippen LogP contribution in [0.25, 0.3) is 0 Å². The standard InChI is InChI=1S/C15H19BrN2OS/c1-19-8-6-17-11-13(10-15-18-7-9-20-15)12-2-4-14(16)5-3-12/h2-5,7,9,13,17H,6,8,10-11H2,1H3. The number of hydrogen-bond donors (Lipinski definition) is 1. The molecule has 2 aromatic rings. The highest BCUT2D eigenvalue weighted by Crippen LogP contribution is 2.23. The van der Waals surface area contributed by atoms with Crippen molar-refractivity contribution in [3.05, 3.63) is 50.9 Å². The van der Waals surface area contributed by atoms with Crippen molar-refractivity contribution in [3.63, 3.8) is 0 Å². The van der Waals surface area contributed by atoms with Crippen molar-refractivity contribution in [2.24, 2.45) is 0 Å². The minimum Gasteiger partial charge on any atom is -0.383 e. The van der Waals surface area contributed by atoms with Crippen LogP contribution in [0.5, 0.6) is 0 Å². The Kier molecular flexibility index (Phi) is 6.66. The smallest absolute Gasteiger partial charge is 0.0931 e. The maximum absolute atomic E-state index is 5.07. The number of nitrogens with one attached hydrogen (secondary N) is 1. The Morgan fingerprint density at radius 2 is 2.15 bits per heavy atom. The first kappa shape index (κ1) is 15.6. The Morgan fingerprint density at radius 1 is 1.35 bits per heavy atom. The number of aromatic nitrogens is 1. The number of thiazole rings is 1. The summed E-state index contributed by atoms with van der Waals surface area (Å²) in [5, 5.41) is 6.67. The van der Waals surface area contributed by atoms with Crippen molar-refractivity contribution in [1.29, 1.82) is 0 Å². The van der Waals surface area contributed by atoms with E-state index >= 15 is 0 Å². The third kappa shape index (κ3) is 4.98. The van der Waals surface area contributed by atoms with Gasteiger partial charge in [-0.2, -0.15) is 0 Å². The molecule has 1 unspecified atom stereocenters. The molecule has 0 saturated heterocycles. The lowest BCUT2D eigenvalue weighted by molar-refractivity contribution is 0.199. The van der Waals surface area contributed by atoms with Crippen LogP contribution in [-0.2, 0) is 11.2 Å². The Balaban J connectivity index is 2.00. The van der Waals surface area contributed by atoms with Gasteiger partial charge in [-0.15, -0.1) is 11.3 Å². The maximum Gasteiger partial charge on any atom is 0.0931 e. The molecule has 1 N–H and O–H groups in total. The molecule has 0 aliphatic heterocycles. The maximum atomic E-state index is 5.07. The minimum absolute atomic E-state index is 0.436. The lowest BCUT2D eigenvalue weighted by Crippen LogP contribution is -2.26. The molecule has 0 radical (unpaired) electrons. The fourth-order valence-corrected chi connectivity index (χ4v) is 3.02. The third-order valence-electron chi connectivity index (χ3n) is 3.12. The molecule has 2 rings (SSSR count). The van der Waals surface area contributed by atoms with Gasteiger partial charge in [-0.3, -0.25) is 0 Å². The fraction of sp³-hybridized carbons (Fsp3) is 0.400. The topological polar surface area (TPSA) is 34.1 Å². The highest BCUT2D eigenvalue weighted by Gasteiger charge is 2.13. The minimum atomic E-state index is 0.436.